The van der Waals surface area contributed by atoms with Crippen LogP contribution < -0.4 is 11.0 Å². The zero-order valence-corrected chi connectivity index (χ0v) is 13.0. The second-order valence-electron chi connectivity index (χ2n) is 5.85. The maximum absolute atomic E-state index is 13.4. The van der Waals surface area contributed by atoms with E-state index in [1.54, 1.807) is 0 Å². The second kappa shape index (κ2) is 5.66. The van der Waals surface area contributed by atoms with Gasteiger partial charge in [0, 0.05) is 29.2 Å². The number of amides is 1. The van der Waals surface area contributed by atoms with Crippen molar-refractivity contribution in [3.63, 3.8) is 0 Å². The van der Waals surface area contributed by atoms with Crippen LogP contribution in [0, 0.1) is 5.82 Å². The first-order valence-electron chi connectivity index (χ1n) is 7.70. The van der Waals surface area contributed by atoms with Crippen LogP contribution in [-0.4, -0.2) is 32.3 Å². The van der Waals surface area contributed by atoms with E-state index in [1.165, 1.54) is 29.6 Å². The van der Waals surface area contributed by atoms with Gasteiger partial charge in [-0.3, -0.25) is 14.4 Å². The Kier molecular flexibility index (Phi) is 3.45. The lowest BCUT2D eigenvalue weighted by Gasteiger charge is -2.27. The van der Waals surface area contributed by atoms with Crippen LogP contribution >= 0.6 is 0 Å². The Bertz CT molecular complexity index is 1120. The molecule has 1 amide bonds. The molecule has 3 aromatic rings. The van der Waals surface area contributed by atoms with Gasteiger partial charge in [-0.05, 0) is 24.6 Å². The number of hydrogen-bond acceptors (Lipinski definition) is 4. The minimum absolute atomic E-state index is 0.0635. The van der Waals surface area contributed by atoms with Gasteiger partial charge in [-0.1, -0.05) is 0 Å². The van der Waals surface area contributed by atoms with Gasteiger partial charge >= 0.3 is 0 Å². The van der Waals surface area contributed by atoms with Crippen molar-refractivity contribution in [2.45, 2.75) is 13.0 Å². The molecule has 0 radical (unpaired) electrons. The summed E-state index contributed by atoms with van der Waals surface area (Å²) in [5.74, 6) is -1.02. The van der Waals surface area contributed by atoms with Crippen molar-refractivity contribution in [2.75, 3.05) is 6.54 Å². The first-order valence-corrected chi connectivity index (χ1v) is 7.70. The third-order valence-corrected chi connectivity index (χ3v) is 4.37. The molecule has 0 spiro atoms. The van der Waals surface area contributed by atoms with Gasteiger partial charge in [-0.2, -0.15) is 0 Å². The largest absolute Gasteiger partial charge is 0.360 e. The Morgan fingerprint density at radius 3 is 2.92 bits per heavy atom. The van der Waals surface area contributed by atoms with E-state index in [-0.39, 0.29) is 23.1 Å². The third-order valence-electron chi connectivity index (χ3n) is 4.37. The number of nitrogens with one attached hydrogen (secondary N) is 2. The highest BCUT2D eigenvalue weighted by Gasteiger charge is 2.26. The van der Waals surface area contributed by atoms with Crippen molar-refractivity contribution in [3.05, 3.63) is 73.9 Å². The van der Waals surface area contributed by atoms with Crippen LogP contribution in [0.15, 0.2) is 40.3 Å². The van der Waals surface area contributed by atoms with E-state index in [4.69, 9.17) is 0 Å². The molecule has 126 valence electrons. The van der Waals surface area contributed by atoms with Crippen molar-refractivity contribution in [1.29, 1.82) is 0 Å². The molecule has 2 aromatic heterocycles. The Labute approximate surface area is 140 Å². The highest BCUT2D eigenvalue weighted by molar-refractivity contribution is 5.97. The molecule has 2 N–H and O–H groups in total. The van der Waals surface area contributed by atoms with Crippen LogP contribution in [0.2, 0.25) is 0 Å². The Morgan fingerprint density at radius 2 is 2.08 bits per heavy atom. The highest BCUT2D eigenvalue weighted by Crippen LogP contribution is 2.16. The molecular weight excluding hydrogens is 327 g/mol. The van der Waals surface area contributed by atoms with Gasteiger partial charge in [0.15, 0.2) is 0 Å². The molecule has 7 nitrogen and oxygen atoms in total. The van der Waals surface area contributed by atoms with Crippen LogP contribution in [0.5, 0.6) is 0 Å². The number of pyridine rings is 1. The molecule has 0 atom stereocenters. The minimum atomic E-state index is -0.544. The fourth-order valence-electron chi connectivity index (χ4n) is 3.06. The molecule has 1 aromatic carbocycles. The normalized spacial score (nSPS) is 13.7. The monoisotopic (exact) mass is 340 g/mol. The summed E-state index contributed by atoms with van der Waals surface area (Å²) < 4.78 is 13.4. The van der Waals surface area contributed by atoms with E-state index in [0.29, 0.717) is 29.7 Å². The molecule has 25 heavy (non-hydrogen) atoms. The summed E-state index contributed by atoms with van der Waals surface area (Å²) in [6.45, 7) is 0.458. The molecule has 0 saturated heterocycles. The summed E-state index contributed by atoms with van der Waals surface area (Å²) in [7, 11) is 0. The average molecular weight is 340 g/mol. The van der Waals surface area contributed by atoms with Crippen molar-refractivity contribution in [3.8, 4) is 0 Å². The van der Waals surface area contributed by atoms with Gasteiger partial charge in [0.05, 0.1) is 18.6 Å². The smallest absolute Gasteiger partial charge is 0.259 e. The van der Waals surface area contributed by atoms with Crippen LogP contribution in [-0.2, 0) is 13.0 Å². The van der Waals surface area contributed by atoms with Crippen molar-refractivity contribution in [2.24, 2.45) is 0 Å². The van der Waals surface area contributed by atoms with Crippen LogP contribution in [0.4, 0.5) is 4.39 Å². The fourth-order valence-corrected chi connectivity index (χ4v) is 3.06. The Hall–Kier alpha value is -3.29. The van der Waals surface area contributed by atoms with Crippen LogP contribution in [0.3, 0.4) is 0 Å². The molecule has 1 aliphatic heterocycles. The number of nitrogens with zero attached hydrogens (tertiary/aromatic N) is 2. The number of benzene rings is 1. The second-order valence-corrected chi connectivity index (χ2v) is 5.85. The van der Waals surface area contributed by atoms with Crippen LogP contribution in [0.1, 0.15) is 21.6 Å². The number of hydrogen-bond donors (Lipinski definition) is 2. The predicted octanol–water partition coefficient (Wildman–Crippen LogP) is 0.949. The molecule has 4 rings (SSSR count). The van der Waals surface area contributed by atoms with Gasteiger partial charge < -0.3 is 14.9 Å². The van der Waals surface area contributed by atoms with Gasteiger partial charge in [-0.15, -0.1) is 0 Å². The number of H-pyrrole nitrogens is 2. The lowest BCUT2D eigenvalue weighted by molar-refractivity contribution is 0.0730. The van der Waals surface area contributed by atoms with E-state index >= 15 is 0 Å². The lowest BCUT2D eigenvalue weighted by Crippen LogP contribution is -2.40. The van der Waals surface area contributed by atoms with E-state index in [0.717, 1.165) is 6.07 Å². The molecule has 0 aliphatic carbocycles. The zero-order chi connectivity index (χ0) is 17.6. The molecule has 8 heteroatoms. The number of aromatic amines is 2. The lowest BCUT2D eigenvalue weighted by atomic mass is 10.0. The molecule has 0 saturated carbocycles. The molecule has 3 heterocycles. The van der Waals surface area contributed by atoms with Gasteiger partial charge in [0.2, 0.25) is 5.43 Å². The zero-order valence-electron chi connectivity index (χ0n) is 13.0. The van der Waals surface area contributed by atoms with E-state index in [9.17, 15) is 18.8 Å². The number of carbonyl (C=O) groups is 1. The maximum atomic E-state index is 13.4. The SMILES string of the molecule is O=C(c1c[nH]c2ccc(F)cc2c1=O)N1CCc2c(nc[nH]c2=O)C1. The van der Waals surface area contributed by atoms with Gasteiger partial charge in [-0.25, -0.2) is 9.37 Å². The van der Waals surface area contributed by atoms with Gasteiger partial charge in [0.1, 0.15) is 11.4 Å². The number of rotatable bonds is 1. The number of fused-ring (bicyclic) bond motifs is 2. The van der Waals surface area contributed by atoms with E-state index < -0.39 is 17.2 Å². The number of aromatic nitrogens is 3. The van der Waals surface area contributed by atoms with Crippen molar-refractivity contribution >= 4 is 16.8 Å². The molecule has 0 fully saturated rings. The predicted molar refractivity (Wildman–Crippen MR) is 87.8 cm³/mol. The third kappa shape index (κ3) is 2.51. The summed E-state index contributed by atoms with van der Waals surface area (Å²) in [6, 6.07) is 3.80. The summed E-state index contributed by atoms with van der Waals surface area (Å²) in [5.41, 5.74) is 0.734. The number of carbonyl (C=O) groups excluding carboxylic acids is 1. The summed E-state index contributed by atoms with van der Waals surface area (Å²) >= 11 is 0. The van der Waals surface area contributed by atoms with Crippen LogP contribution in [0.25, 0.3) is 10.9 Å². The molecular formula is C17H13FN4O3. The molecule has 0 unspecified atom stereocenters. The van der Waals surface area contributed by atoms with E-state index in [1.807, 2.05) is 0 Å². The van der Waals surface area contributed by atoms with Crippen molar-refractivity contribution in [1.82, 2.24) is 19.9 Å². The first kappa shape index (κ1) is 15.3. The highest BCUT2D eigenvalue weighted by atomic mass is 19.1. The molecule has 1 aliphatic rings. The standard InChI is InChI=1S/C17H13FN4O3/c18-9-1-2-13-11(5-9)15(23)12(6-19-13)17(25)22-4-3-10-14(7-22)20-8-21-16(10)24/h1-2,5-6,8H,3-4,7H2,(H,19,23)(H,20,21,24). The first-order chi connectivity index (χ1) is 12.0. The quantitative estimate of drug-likeness (QED) is 0.689. The van der Waals surface area contributed by atoms with Gasteiger partial charge in [0.25, 0.3) is 11.5 Å². The average Bonchev–Trinajstić information content (AvgIpc) is 2.62. The Balaban J connectivity index is 1.72. The van der Waals surface area contributed by atoms with E-state index in [2.05, 4.69) is 15.0 Å². The summed E-state index contributed by atoms with van der Waals surface area (Å²) in [4.78, 5) is 48.0. The topological polar surface area (TPSA) is 98.9 Å². The molecule has 0 bridgehead atoms. The minimum Gasteiger partial charge on any atom is -0.360 e. The maximum Gasteiger partial charge on any atom is 0.259 e. The number of halogens is 1. The van der Waals surface area contributed by atoms with Crippen molar-refractivity contribution < 1.29 is 9.18 Å². The Morgan fingerprint density at radius 1 is 1.24 bits per heavy atom. The fraction of sp³-hybridized carbons (Fsp3) is 0.176. The summed E-state index contributed by atoms with van der Waals surface area (Å²) in [5, 5.41) is 0.123. The summed E-state index contributed by atoms with van der Waals surface area (Å²) in [6.07, 6.45) is 3.00.